The van der Waals surface area contributed by atoms with E-state index in [9.17, 15) is 8.78 Å². The van der Waals surface area contributed by atoms with Crippen molar-refractivity contribution in [3.63, 3.8) is 0 Å². The van der Waals surface area contributed by atoms with Crippen molar-refractivity contribution in [2.45, 2.75) is 26.3 Å². The Bertz CT molecular complexity index is 344. The Morgan fingerprint density at radius 2 is 2.12 bits per heavy atom. The summed E-state index contributed by atoms with van der Waals surface area (Å²) >= 11 is 0. The summed E-state index contributed by atoms with van der Waals surface area (Å²) in [6, 6.07) is 4.04. The van der Waals surface area contributed by atoms with E-state index in [0.29, 0.717) is 18.8 Å². The van der Waals surface area contributed by atoms with Crippen LogP contribution in [0.15, 0.2) is 18.2 Å². The molecule has 96 valence electrons. The van der Waals surface area contributed by atoms with Crippen LogP contribution < -0.4 is 5.32 Å². The van der Waals surface area contributed by atoms with Gasteiger partial charge in [-0.2, -0.15) is 0 Å². The highest BCUT2D eigenvalue weighted by atomic mass is 19.2. The first-order valence-corrected chi connectivity index (χ1v) is 5.91. The average Bonchev–Trinajstić information content (AvgIpc) is 2.32. The van der Waals surface area contributed by atoms with Gasteiger partial charge in [-0.1, -0.05) is 12.1 Å². The number of ether oxygens (including phenoxy) is 1. The lowest BCUT2D eigenvalue weighted by Gasteiger charge is -2.15. The summed E-state index contributed by atoms with van der Waals surface area (Å²) in [5, 5.41) is 3.14. The lowest BCUT2D eigenvalue weighted by Crippen LogP contribution is -2.22. The fraction of sp³-hybridized carbons (Fsp3) is 0.538. The molecular formula is C13H19F2NO. The van der Waals surface area contributed by atoms with Gasteiger partial charge in [-0.05, 0) is 32.9 Å². The zero-order valence-corrected chi connectivity index (χ0v) is 10.3. The first-order chi connectivity index (χ1) is 8.16. The van der Waals surface area contributed by atoms with Gasteiger partial charge in [0.25, 0.3) is 0 Å². The van der Waals surface area contributed by atoms with Gasteiger partial charge in [-0.15, -0.1) is 0 Å². The van der Waals surface area contributed by atoms with Gasteiger partial charge in [0.1, 0.15) is 0 Å². The summed E-state index contributed by atoms with van der Waals surface area (Å²) < 4.78 is 31.6. The largest absolute Gasteiger partial charge is 0.382 e. The van der Waals surface area contributed by atoms with Crippen molar-refractivity contribution in [2.24, 2.45) is 0 Å². The van der Waals surface area contributed by atoms with Crippen molar-refractivity contribution in [1.29, 1.82) is 0 Å². The van der Waals surface area contributed by atoms with Crippen LogP contribution in [0.5, 0.6) is 0 Å². The van der Waals surface area contributed by atoms with E-state index in [2.05, 4.69) is 5.32 Å². The van der Waals surface area contributed by atoms with Gasteiger partial charge >= 0.3 is 0 Å². The Hall–Kier alpha value is -1.00. The van der Waals surface area contributed by atoms with E-state index in [1.54, 1.807) is 6.07 Å². The van der Waals surface area contributed by atoms with Gasteiger partial charge in [0, 0.05) is 24.8 Å². The van der Waals surface area contributed by atoms with Crippen LogP contribution in [0.25, 0.3) is 0 Å². The molecule has 1 rings (SSSR count). The molecule has 0 amide bonds. The maximum absolute atomic E-state index is 13.4. The van der Waals surface area contributed by atoms with Crippen LogP contribution >= 0.6 is 0 Å². The summed E-state index contributed by atoms with van der Waals surface area (Å²) in [5.41, 5.74) is 0.362. The molecule has 1 aromatic rings. The van der Waals surface area contributed by atoms with E-state index in [0.717, 1.165) is 19.0 Å². The molecule has 0 bridgehead atoms. The molecule has 0 saturated heterocycles. The van der Waals surface area contributed by atoms with Gasteiger partial charge in [0.2, 0.25) is 0 Å². The lowest BCUT2D eigenvalue weighted by molar-refractivity contribution is 0.144. The fourth-order valence-electron chi connectivity index (χ4n) is 1.60. The third-order valence-corrected chi connectivity index (χ3v) is 2.57. The second-order valence-electron chi connectivity index (χ2n) is 3.87. The summed E-state index contributed by atoms with van der Waals surface area (Å²) in [5.74, 6) is -1.57. The van der Waals surface area contributed by atoms with Crippen LogP contribution in [0.1, 0.15) is 31.9 Å². The molecule has 4 heteroatoms. The molecule has 0 radical (unpaired) electrons. The summed E-state index contributed by atoms with van der Waals surface area (Å²) in [7, 11) is 0. The van der Waals surface area contributed by atoms with E-state index in [1.807, 2.05) is 13.8 Å². The molecule has 1 atom stereocenters. The van der Waals surface area contributed by atoms with Crippen molar-refractivity contribution in [3.05, 3.63) is 35.4 Å². The molecule has 0 spiro atoms. The van der Waals surface area contributed by atoms with Gasteiger partial charge in [0.05, 0.1) is 0 Å². The average molecular weight is 243 g/mol. The van der Waals surface area contributed by atoms with Crippen LogP contribution in [0, 0.1) is 11.6 Å². The second kappa shape index (κ2) is 7.35. The van der Waals surface area contributed by atoms with E-state index in [1.165, 1.54) is 6.07 Å². The molecule has 0 aliphatic carbocycles. The molecule has 1 aromatic carbocycles. The van der Waals surface area contributed by atoms with Crippen LogP contribution in [-0.2, 0) is 4.74 Å². The molecule has 0 aliphatic heterocycles. The Kier molecular flexibility index (Phi) is 6.08. The molecule has 2 nitrogen and oxygen atoms in total. The SMILES string of the molecule is CCOCCCNC(C)c1cccc(F)c1F. The standard InChI is InChI=1S/C13H19F2NO/c1-3-17-9-5-8-16-10(2)11-6-4-7-12(14)13(11)15/h4,6-7,10,16H,3,5,8-9H2,1-2H3. The third kappa shape index (κ3) is 4.40. The molecule has 0 saturated carbocycles. The van der Waals surface area contributed by atoms with E-state index < -0.39 is 11.6 Å². The quantitative estimate of drug-likeness (QED) is 0.743. The van der Waals surface area contributed by atoms with Crippen molar-refractivity contribution in [2.75, 3.05) is 19.8 Å². The zero-order valence-electron chi connectivity index (χ0n) is 10.3. The summed E-state index contributed by atoms with van der Waals surface area (Å²) in [6.07, 6.45) is 0.856. The number of halogens is 2. The first-order valence-electron chi connectivity index (χ1n) is 5.91. The number of hydrogen-bond donors (Lipinski definition) is 1. The fourth-order valence-corrected chi connectivity index (χ4v) is 1.60. The Morgan fingerprint density at radius 1 is 1.35 bits per heavy atom. The molecule has 1 unspecified atom stereocenters. The molecule has 0 aromatic heterocycles. The van der Waals surface area contributed by atoms with Crippen LogP contribution in [0.2, 0.25) is 0 Å². The maximum atomic E-state index is 13.4. The Labute approximate surface area is 101 Å². The zero-order chi connectivity index (χ0) is 12.7. The predicted octanol–water partition coefficient (Wildman–Crippen LogP) is 3.04. The van der Waals surface area contributed by atoms with Gasteiger partial charge in [-0.3, -0.25) is 0 Å². The van der Waals surface area contributed by atoms with Gasteiger partial charge < -0.3 is 10.1 Å². The third-order valence-electron chi connectivity index (χ3n) is 2.57. The topological polar surface area (TPSA) is 21.3 Å². The van der Waals surface area contributed by atoms with Gasteiger partial charge in [-0.25, -0.2) is 8.78 Å². The Morgan fingerprint density at radius 3 is 2.82 bits per heavy atom. The predicted molar refractivity (Wildman–Crippen MR) is 63.9 cm³/mol. The van der Waals surface area contributed by atoms with Crippen LogP contribution in [0.3, 0.4) is 0 Å². The van der Waals surface area contributed by atoms with Crippen molar-refractivity contribution >= 4 is 0 Å². The van der Waals surface area contributed by atoms with E-state index in [-0.39, 0.29) is 6.04 Å². The normalized spacial score (nSPS) is 12.7. The Balaban J connectivity index is 2.41. The monoisotopic (exact) mass is 243 g/mol. The minimum atomic E-state index is -0.800. The van der Waals surface area contributed by atoms with Crippen molar-refractivity contribution < 1.29 is 13.5 Å². The molecule has 0 heterocycles. The van der Waals surface area contributed by atoms with E-state index >= 15 is 0 Å². The smallest absolute Gasteiger partial charge is 0.163 e. The number of nitrogens with one attached hydrogen (secondary N) is 1. The van der Waals surface area contributed by atoms with Crippen molar-refractivity contribution in [3.8, 4) is 0 Å². The number of hydrogen-bond acceptors (Lipinski definition) is 2. The highest BCUT2D eigenvalue weighted by molar-refractivity contribution is 5.21. The summed E-state index contributed by atoms with van der Waals surface area (Å²) in [6.45, 7) is 5.86. The lowest BCUT2D eigenvalue weighted by atomic mass is 10.1. The minimum absolute atomic E-state index is 0.202. The minimum Gasteiger partial charge on any atom is -0.382 e. The second-order valence-corrected chi connectivity index (χ2v) is 3.87. The van der Waals surface area contributed by atoms with Crippen LogP contribution in [0.4, 0.5) is 8.78 Å². The number of rotatable bonds is 7. The molecule has 0 aliphatic rings. The van der Waals surface area contributed by atoms with Crippen LogP contribution in [-0.4, -0.2) is 19.8 Å². The first kappa shape index (κ1) is 14.1. The number of benzene rings is 1. The highest BCUT2D eigenvalue weighted by Gasteiger charge is 2.13. The molecule has 17 heavy (non-hydrogen) atoms. The molecule has 1 N–H and O–H groups in total. The van der Waals surface area contributed by atoms with Gasteiger partial charge in [0.15, 0.2) is 11.6 Å². The molecule has 0 fully saturated rings. The highest BCUT2D eigenvalue weighted by Crippen LogP contribution is 2.18. The molecular weight excluding hydrogens is 224 g/mol. The van der Waals surface area contributed by atoms with E-state index in [4.69, 9.17) is 4.74 Å². The van der Waals surface area contributed by atoms with Crippen molar-refractivity contribution in [1.82, 2.24) is 5.32 Å². The summed E-state index contributed by atoms with van der Waals surface area (Å²) in [4.78, 5) is 0. The maximum Gasteiger partial charge on any atom is 0.163 e.